The van der Waals surface area contributed by atoms with Crippen LogP contribution in [0.1, 0.15) is 18.4 Å². The van der Waals surface area contributed by atoms with E-state index in [4.69, 9.17) is 34.8 Å². The molecule has 3 amide bonds. The van der Waals surface area contributed by atoms with Gasteiger partial charge in [0.1, 0.15) is 0 Å². The normalized spacial score (nSPS) is 18.2. The van der Waals surface area contributed by atoms with E-state index in [9.17, 15) is 18.0 Å². The number of aryl methyl sites for hydroxylation is 1. The first-order valence-electron chi connectivity index (χ1n) is 10.4. The first-order chi connectivity index (χ1) is 15.5. The fourth-order valence-corrected chi connectivity index (χ4v) is 5.84. The maximum atomic E-state index is 13.3. The lowest BCUT2D eigenvalue weighted by Crippen LogP contribution is -2.41. The molecule has 176 valence electrons. The second-order valence-corrected chi connectivity index (χ2v) is 11.5. The molecule has 2 aromatic carbocycles. The third-order valence-corrected chi connectivity index (χ3v) is 7.84. The number of halogens is 3. The number of rotatable bonds is 3. The van der Waals surface area contributed by atoms with Crippen molar-refractivity contribution in [3.8, 4) is 0 Å². The number of benzene rings is 2. The van der Waals surface area contributed by atoms with Crippen molar-refractivity contribution in [3.63, 3.8) is 0 Å². The predicted octanol–water partition coefficient (Wildman–Crippen LogP) is 4.88. The molecule has 0 aliphatic carbocycles. The van der Waals surface area contributed by atoms with Crippen molar-refractivity contribution in [1.29, 1.82) is 0 Å². The number of nitrogens with one attached hydrogen (secondary N) is 1. The Morgan fingerprint density at radius 1 is 1.06 bits per heavy atom. The van der Waals surface area contributed by atoms with Crippen LogP contribution in [0.2, 0.25) is 15.1 Å². The van der Waals surface area contributed by atoms with E-state index in [1.165, 1.54) is 18.2 Å². The number of hydrogen-bond acceptors (Lipinski definition) is 4. The van der Waals surface area contributed by atoms with E-state index in [0.717, 1.165) is 24.7 Å². The van der Waals surface area contributed by atoms with Crippen LogP contribution in [0.25, 0.3) is 0 Å². The SMILES string of the molecule is CS(=O)(=O)c1ccc(NC(=O)N2CCC(C(=O)N3CCCc4cc(Cl)cc(Cl)c43)C2)c(Cl)c1. The summed E-state index contributed by atoms with van der Waals surface area (Å²) in [6.45, 7) is 1.25. The van der Waals surface area contributed by atoms with E-state index in [1.54, 1.807) is 15.9 Å². The minimum absolute atomic E-state index is 0.0639. The van der Waals surface area contributed by atoms with Crippen LogP contribution in [-0.2, 0) is 21.1 Å². The number of sulfone groups is 1. The number of carbonyl (C=O) groups excluding carboxylic acids is 2. The molecule has 1 atom stereocenters. The summed E-state index contributed by atoms with van der Waals surface area (Å²) in [6, 6.07) is 7.22. The maximum Gasteiger partial charge on any atom is 0.321 e. The van der Waals surface area contributed by atoms with Gasteiger partial charge in [-0.3, -0.25) is 4.79 Å². The van der Waals surface area contributed by atoms with Crippen LogP contribution in [0, 0.1) is 5.92 Å². The molecule has 0 saturated carbocycles. The van der Waals surface area contributed by atoms with Gasteiger partial charge in [-0.25, -0.2) is 13.2 Å². The molecule has 0 radical (unpaired) electrons. The van der Waals surface area contributed by atoms with Gasteiger partial charge in [-0.05, 0) is 55.2 Å². The van der Waals surface area contributed by atoms with Crippen molar-refractivity contribution in [3.05, 3.63) is 51.0 Å². The molecule has 7 nitrogen and oxygen atoms in total. The Kier molecular flexibility index (Phi) is 6.82. The van der Waals surface area contributed by atoms with Crippen molar-refractivity contribution in [1.82, 2.24) is 4.90 Å². The van der Waals surface area contributed by atoms with Crippen molar-refractivity contribution < 1.29 is 18.0 Å². The van der Waals surface area contributed by atoms with Gasteiger partial charge in [-0.1, -0.05) is 34.8 Å². The van der Waals surface area contributed by atoms with Gasteiger partial charge in [0.05, 0.1) is 32.2 Å². The highest BCUT2D eigenvalue weighted by Gasteiger charge is 2.36. The average Bonchev–Trinajstić information content (AvgIpc) is 3.23. The zero-order chi connectivity index (χ0) is 23.9. The van der Waals surface area contributed by atoms with E-state index in [0.29, 0.717) is 40.9 Å². The van der Waals surface area contributed by atoms with Gasteiger partial charge in [0.15, 0.2) is 9.84 Å². The van der Waals surface area contributed by atoms with Crippen LogP contribution < -0.4 is 10.2 Å². The minimum Gasteiger partial charge on any atom is -0.324 e. The summed E-state index contributed by atoms with van der Waals surface area (Å²) in [6.07, 6.45) is 3.23. The van der Waals surface area contributed by atoms with Gasteiger partial charge in [-0.15, -0.1) is 0 Å². The predicted molar refractivity (Wildman–Crippen MR) is 130 cm³/mol. The molecule has 2 aromatic rings. The second-order valence-electron chi connectivity index (χ2n) is 8.26. The molecule has 0 bridgehead atoms. The van der Waals surface area contributed by atoms with Crippen LogP contribution >= 0.6 is 34.8 Å². The summed E-state index contributed by atoms with van der Waals surface area (Å²) >= 11 is 18.7. The molecule has 1 unspecified atom stereocenters. The summed E-state index contributed by atoms with van der Waals surface area (Å²) in [4.78, 5) is 29.4. The average molecular weight is 531 g/mol. The highest BCUT2D eigenvalue weighted by molar-refractivity contribution is 7.90. The number of hydrogen-bond donors (Lipinski definition) is 1. The largest absolute Gasteiger partial charge is 0.324 e. The lowest BCUT2D eigenvalue weighted by Gasteiger charge is -2.32. The molecule has 1 N–H and O–H groups in total. The molecule has 2 aliphatic heterocycles. The van der Waals surface area contributed by atoms with Gasteiger partial charge in [0.25, 0.3) is 0 Å². The van der Waals surface area contributed by atoms with Crippen LogP contribution in [0.3, 0.4) is 0 Å². The van der Waals surface area contributed by atoms with Crippen LogP contribution in [0.5, 0.6) is 0 Å². The van der Waals surface area contributed by atoms with Crippen LogP contribution in [0.15, 0.2) is 35.2 Å². The van der Waals surface area contributed by atoms with Crippen molar-refractivity contribution in [2.24, 2.45) is 5.92 Å². The number of urea groups is 1. The standard InChI is InChI=1S/C22H22Cl3N3O4S/c1-33(31,32)16-4-5-19(17(24)11-16)26-22(30)27-8-6-14(12-27)21(29)28-7-2-3-13-9-15(23)10-18(25)20(13)28/h4-5,9-11,14H,2-3,6-8,12H2,1H3,(H,26,30). The minimum atomic E-state index is -3.41. The highest BCUT2D eigenvalue weighted by atomic mass is 35.5. The maximum absolute atomic E-state index is 13.3. The monoisotopic (exact) mass is 529 g/mol. The van der Waals surface area contributed by atoms with Gasteiger partial charge in [-0.2, -0.15) is 0 Å². The molecule has 11 heteroatoms. The van der Waals surface area contributed by atoms with E-state index < -0.39 is 15.9 Å². The molecule has 0 spiro atoms. The highest BCUT2D eigenvalue weighted by Crippen LogP contribution is 2.38. The fraction of sp³-hybridized carbons (Fsp3) is 0.364. The first kappa shape index (κ1) is 24.1. The summed E-state index contributed by atoms with van der Waals surface area (Å²) in [5, 5.41) is 3.81. The Balaban J connectivity index is 1.44. The van der Waals surface area contributed by atoms with Crippen LogP contribution in [-0.4, -0.2) is 51.1 Å². The summed E-state index contributed by atoms with van der Waals surface area (Å²) in [5.41, 5.74) is 1.96. The Labute approximate surface area is 207 Å². The van der Waals surface area contributed by atoms with E-state index in [-0.39, 0.29) is 28.3 Å². The van der Waals surface area contributed by atoms with Crippen molar-refractivity contribution in [2.75, 3.05) is 36.1 Å². The number of amides is 3. The topological polar surface area (TPSA) is 86.8 Å². The van der Waals surface area contributed by atoms with Crippen molar-refractivity contribution >= 4 is 68.0 Å². The van der Waals surface area contributed by atoms with Gasteiger partial charge >= 0.3 is 6.03 Å². The summed E-state index contributed by atoms with van der Waals surface area (Å²) in [5.74, 6) is -0.414. The lowest BCUT2D eigenvalue weighted by molar-refractivity contribution is -0.122. The third-order valence-electron chi connectivity index (χ3n) is 5.91. The Morgan fingerprint density at radius 2 is 1.82 bits per heavy atom. The van der Waals surface area contributed by atoms with Crippen LogP contribution in [0.4, 0.5) is 16.2 Å². The zero-order valence-electron chi connectivity index (χ0n) is 17.8. The number of anilines is 2. The quantitative estimate of drug-likeness (QED) is 0.612. The number of nitrogens with zero attached hydrogens (tertiary/aromatic N) is 2. The fourth-order valence-electron chi connectivity index (χ4n) is 4.26. The number of carbonyl (C=O) groups is 2. The van der Waals surface area contributed by atoms with Gasteiger partial charge in [0, 0.05) is 30.9 Å². The zero-order valence-corrected chi connectivity index (χ0v) is 20.9. The number of fused-ring (bicyclic) bond motifs is 1. The smallest absolute Gasteiger partial charge is 0.321 e. The van der Waals surface area contributed by atoms with Crippen molar-refractivity contribution in [2.45, 2.75) is 24.2 Å². The molecule has 1 fully saturated rings. The lowest BCUT2D eigenvalue weighted by atomic mass is 9.99. The summed E-state index contributed by atoms with van der Waals surface area (Å²) < 4.78 is 23.3. The number of likely N-dealkylation sites (tertiary alicyclic amines) is 1. The van der Waals surface area contributed by atoms with E-state index >= 15 is 0 Å². The first-order valence-corrected chi connectivity index (χ1v) is 13.4. The molecule has 33 heavy (non-hydrogen) atoms. The molecule has 2 heterocycles. The molecular weight excluding hydrogens is 509 g/mol. The van der Waals surface area contributed by atoms with Gasteiger partial charge < -0.3 is 15.1 Å². The van der Waals surface area contributed by atoms with E-state index in [2.05, 4.69) is 5.32 Å². The molecule has 0 aromatic heterocycles. The molecule has 1 saturated heterocycles. The third kappa shape index (κ3) is 5.09. The molecule has 4 rings (SSSR count). The Morgan fingerprint density at radius 3 is 2.52 bits per heavy atom. The summed E-state index contributed by atoms with van der Waals surface area (Å²) in [7, 11) is -3.41. The Hall–Kier alpha value is -2.00. The van der Waals surface area contributed by atoms with Gasteiger partial charge in [0.2, 0.25) is 5.91 Å². The molecular formula is C22H22Cl3N3O4S. The molecule has 2 aliphatic rings. The second kappa shape index (κ2) is 9.33. The van der Waals surface area contributed by atoms with E-state index in [1.807, 2.05) is 6.07 Å². The Bertz CT molecular complexity index is 1240.